The Balaban J connectivity index is 2.31. The molecule has 0 saturated carbocycles. The number of carbonyl (C=O) groups excluding carboxylic acids is 2. The number of ketones is 1. The average Bonchev–Trinajstić information content (AvgIpc) is 2.42. The van der Waals surface area contributed by atoms with Crippen LogP contribution in [0.5, 0.6) is 0 Å². The molecular formula is C15H17BrFNO2. The molecule has 0 N–H and O–H groups in total. The minimum atomic E-state index is -0.637. The fraction of sp³-hybridized carbons (Fsp3) is 0.467. The lowest BCUT2D eigenvalue weighted by Gasteiger charge is -2.32. The van der Waals surface area contributed by atoms with Crippen molar-refractivity contribution in [2.24, 2.45) is 11.8 Å². The van der Waals surface area contributed by atoms with E-state index < -0.39 is 11.7 Å². The van der Waals surface area contributed by atoms with Crippen LogP contribution >= 0.6 is 15.9 Å². The highest BCUT2D eigenvalue weighted by atomic mass is 79.9. The summed E-state index contributed by atoms with van der Waals surface area (Å²) in [7, 11) is 0. The number of nitrogens with zero attached hydrogens (tertiary/aromatic N) is 1. The first-order valence-electron chi connectivity index (χ1n) is 6.72. The Morgan fingerprint density at radius 3 is 2.80 bits per heavy atom. The first kappa shape index (κ1) is 15.2. The van der Waals surface area contributed by atoms with Crippen molar-refractivity contribution in [1.82, 2.24) is 0 Å². The first-order valence-corrected chi connectivity index (χ1v) is 7.52. The number of anilines is 1. The summed E-state index contributed by atoms with van der Waals surface area (Å²) in [5.74, 6) is -1.63. The standard InChI is InChI=1S/C15H17BrFNO2/c1-9(2)14(19)10-5-4-8-18(15(10)20)12-7-3-6-11(16)13(12)17/h3,6-7,9-10H,4-5,8H2,1-2H3/t10-/m1/s1. The number of piperidine rings is 1. The van der Waals surface area contributed by atoms with E-state index in [0.29, 0.717) is 23.9 Å². The monoisotopic (exact) mass is 341 g/mol. The quantitative estimate of drug-likeness (QED) is 0.788. The highest BCUT2D eigenvalue weighted by Crippen LogP contribution is 2.31. The fourth-order valence-electron chi connectivity index (χ4n) is 2.48. The van der Waals surface area contributed by atoms with Crippen LogP contribution in [0.4, 0.5) is 10.1 Å². The Hall–Kier alpha value is -1.23. The van der Waals surface area contributed by atoms with Gasteiger partial charge in [-0.05, 0) is 40.9 Å². The first-order chi connectivity index (χ1) is 9.43. The molecule has 1 heterocycles. The lowest BCUT2D eigenvalue weighted by Crippen LogP contribution is -2.45. The number of hydrogen-bond acceptors (Lipinski definition) is 2. The topological polar surface area (TPSA) is 37.4 Å². The molecule has 3 nitrogen and oxygen atoms in total. The van der Waals surface area contributed by atoms with Crippen LogP contribution in [-0.2, 0) is 9.59 Å². The van der Waals surface area contributed by atoms with Gasteiger partial charge in [-0.15, -0.1) is 0 Å². The normalized spacial score (nSPS) is 19.6. The summed E-state index contributed by atoms with van der Waals surface area (Å²) in [5.41, 5.74) is 0.241. The zero-order valence-electron chi connectivity index (χ0n) is 11.5. The lowest BCUT2D eigenvalue weighted by atomic mass is 9.87. The number of rotatable bonds is 3. The van der Waals surface area contributed by atoms with Crippen molar-refractivity contribution in [3.05, 3.63) is 28.5 Å². The van der Waals surface area contributed by atoms with Gasteiger partial charge in [0.25, 0.3) is 0 Å². The summed E-state index contributed by atoms with van der Waals surface area (Å²) < 4.78 is 14.4. The summed E-state index contributed by atoms with van der Waals surface area (Å²) >= 11 is 3.12. The summed E-state index contributed by atoms with van der Waals surface area (Å²) in [6.07, 6.45) is 1.27. The van der Waals surface area contributed by atoms with Crippen LogP contribution in [-0.4, -0.2) is 18.2 Å². The molecule has 1 saturated heterocycles. The predicted molar refractivity (Wildman–Crippen MR) is 79.0 cm³/mol. The van der Waals surface area contributed by atoms with Crippen molar-refractivity contribution in [3.8, 4) is 0 Å². The molecule has 108 valence electrons. The van der Waals surface area contributed by atoms with Crippen molar-refractivity contribution >= 4 is 33.3 Å². The van der Waals surface area contributed by atoms with Crippen molar-refractivity contribution in [2.75, 3.05) is 11.4 Å². The minimum absolute atomic E-state index is 0.0601. The molecule has 1 aromatic carbocycles. The molecule has 1 aromatic rings. The second-order valence-electron chi connectivity index (χ2n) is 5.31. The zero-order valence-corrected chi connectivity index (χ0v) is 13.1. The van der Waals surface area contributed by atoms with Gasteiger partial charge in [-0.2, -0.15) is 0 Å². The third kappa shape index (κ3) is 2.77. The van der Waals surface area contributed by atoms with Crippen LogP contribution in [0.1, 0.15) is 26.7 Å². The summed E-state index contributed by atoms with van der Waals surface area (Å²) in [4.78, 5) is 25.9. The van der Waals surface area contributed by atoms with E-state index >= 15 is 0 Å². The number of amides is 1. The number of Topliss-reactive ketones (excluding diaryl/α,β-unsaturated/α-hetero) is 1. The van der Waals surface area contributed by atoms with E-state index in [1.165, 1.54) is 4.90 Å². The maximum Gasteiger partial charge on any atom is 0.237 e. The predicted octanol–water partition coefficient (Wildman–Crippen LogP) is 3.56. The average molecular weight is 342 g/mol. The summed E-state index contributed by atoms with van der Waals surface area (Å²) in [6.45, 7) is 4.02. The molecule has 0 aromatic heterocycles. The Morgan fingerprint density at radius 1 is 1.45 bits per heavy atom. The maximum absolute atomic E-state index is 14.1. The largest absolute Gasteiger partial charge is 0.309 e. The second kappa shape index (κ2) is 6.04. The van der Waals surface area contributed by atoms with Crippen molar-refractivity contribution < 1.29 is 14.0 Å². The Bertz CT molecular complexity index is 545. The van der Waals surface area contributed by atoms with Gasteiger partial charge in [0.2, 0.25) is 5.91 Å². The Labute approximate surface area is 126 Å². The number of halogens is 2. The molecule has 1 fully saturated rings. The van der Waals surface area contributed by atoms with E-state index in [4.69, 9.17) is 0 Å². The number of benzene rings is 1. The van der Waals surface area contributed by atoms with Gasteiger partial charge >= 0.3 is 0 Å². The van der Waals surface area contributed by atoms with Gasteiger partial charge in [-0.25, -0.2) is 4.39 Å². The molecular weight excluding hydrogens is 325 g/mol. The maximum atomic E-state index is 14.1. The number of hydrogen-bond donors (Lipinski definition) is 0. The molecule has 0 spiro atoms. The SMILES string of the molecule is CC(C)C(=O)[C@H]1CCCN(c2cccc(Br)c2F)C1=O. The van der Waals surface area contributed by atoms with Gasteiger partial charge in [0, 0.05) is 12.5 Å². The van der Waals surface area contributed by atoms with E-state index in [2.05, 4.69) is 15.9 Å². The van der Waals surface area contributed by atoms with Crippen LogP contribution in [0.3, 0.4) is 0 Å². The molecule has 1 atom stereocenters. The highest BCUT2D eigenvalue weighted by molar-refractivity contribution is 9.10. The van der Waals surface area contributed by atoms with E-state index in [9.17, 15) is 14.0 Å². The van der Waals surface area contributed by atoms with Gasteiger partial charge < -0.3 is 4.90 Å². The minimum Gasteiger partial charge on any atom is -0.309 e. The molecule has 2 rings (SSSR count). The summed E-state index contributed by atoms with van der Waals surface area (Å²) in [6, 6.07) is 4.84. The van der Waals surface area contributed by atoms with Gasteiger partial charge in [-0.1, -0.05) is 19.9 Å². The van der Waals surface area contributed by atoms with Crippen LogP contribution in [0, 0.1) is 17.7 Å². The van der Waals surface area contributed by atoms with Crippen LogP contribution in [0.15, 0.2) is 22.7 Å². The molecule has 0 bridgehead atoms. The Kier molecular flexibility index (Phi) is 4.58. The van der Waals surface area contributed by atoms with Gasteiger partial charge in [0.15, 0.2) is 5.82 Å². The highest BCUT2D eigenvalue weighted by Gasteiger charge is 2.36. The molecule has 1 amide bonds. The molecule has 0 radical (unpaired) electrons. The zero-order chi connectivity index (χ0) is 14.9. The molecule has 0 aliphatic carbocycles. The fourth-order valence-corrected chi connectivity index (χ4v) is 2.84. The lowest BCUT2D eigenvalue weighted by molar-refractivity contribution is -0.135. The second-order valence-corrected chi connectivity index (χ2v) is 6.17. The third-order valence-electron chi connectivity index (χ3n) is 3.57. The van der Waals surface area contributed by atoms with Crippen LogP contribution in [0.25, 0.3) is 0 Å². The molecule has 1 aliphatic rings. The van der Waals surface area contributed by atoms with Gasteiger partial charge in [0.1, 0.15) is 5.78 Å². The van der Waals surface area contributed by atoms with E-state index in [-0.39, 0.29) is 23.3 Å². The molecule has 20 heavy (non-hydrogen) atoms. The van der Waals surface area contributed by atoms with Crippen LogP contribution in [0.2, 0.25) is 0 Å². The summed E-state index contributed by atoms with van der Waals surface area (Å²) in [5, 5.41) is 0. The number of carbonyl (C=O) groups is 2. The van der Waals surface area contributed by atoms with Crippen molar-refractivity contribution in [3.63, 3.8) is 0 Å². The van der Waals surface area contributed by atoms with E-state index in [1.54, 1.807) is 32.0 Å². The smallest absolute Gasteiger partial charge is 0.237 e. The molecule has 5 heteroatoms. The van der Waals surface area contributed by atoms with Crippen LogP contribution < -0.4 is 4.90 Å². The van der Waals surface area contributed by atoms with E-state index in [0.717, 1.165) is 0 Å². The third-order valence-corrected chi connectivity index (χ3v) is 4.19. The van der Waals surface area contributed by atoms with Gasteiger partial charge in [0.05, 0.1) is 16.1 Å². The van der Waals surface area contributed by atoms with Gasteiger partial charge in [-0.3, -0.25) is 9.59 Å². The van der Waals surface area contributed by atoms with Crippen molar-refractivity contribution in [1.29, 1.82) is 0 Å². The van der Waals surface area contributed by atoms with Crippen molar-refractivity contribution in [2.45, 2.75) is 26.7 Å². The van der Waals surface area contributed by atoms with E-state index in [1.807, 2.05) is 0 Å². The Morgan fingerprint density at radius 2 is 2.15 bits per heavy atom. The molecule has 0 unspecified atom stereocenters. The molecule has 1 aliphatic heterocycles.